The highest BCUT2D eigenvalue weighted by Crippen LogP contribution is 2.38. The largest absolute Gasteiger partial charge is 0.493 e. The first-order valence-electron chi connectivity index (χ1n) is 9.65. The SMILES string of the molecule is COc1cc(C=CC(=O)Nc2cc(C(=O)NC3CC3)ccc2C)cc(OC)c1OC. The van der Waals surface area contributed by atoms with Crippen molar-refractivity contribution < 1.29 is 23.8 Å². The molecule has 2 aromatic carbocycles. The van der Waals surface area contributed by atoms with E-state index in [1.807, 2.05) is 13.0 Å². The molecule has 1 saturated carbocycles. The van der Waals surface area contributed by atoms with Gasteiger partial charge in [0.2, 0.25) is 11.7 Å². The van der Waals surface area contributed by atoms with Crippen molar-refractivity contribution in [1.82, 2.24) is 5.32 Å². The minimum atomic E-state index is -0.313. The molecule has 1 aliphatic carbocycles. The summed E-state index contributed by atoms with van der Waals surface area (Å²) >= 11 is 0. The van der Waals surface area contributed by atoms with Gasteiger partial charge in [0.05, 0.1) is 21.3 Å². The van der Waals surface area contributed by atoms with Gasteiger partial charge in [0.25, 0.3) is 5.91 Å². The highest BCUT2D eigenvalue weighted by atomic mass is 16.5. The summed E-state index contributed by atoms with van der Waals surface area (Å²) in [6, 6.07) is 9.05. The monoisotopic (exact) mass is 410 g/mol. The molecule has 0 unspecified atom stereocenters. The summed E-state index contributed by atoms with van der Waals surface area (Å²) in [5.41, 5.74) is 2.70. The Morgan fingerprint density at radius 1 is 1.00 bits per heavy atom. The molecule has 1 aliphatic rings. The molecule has 0 atom stereocenters. The minimum Gasteiger partial charge on any atom is -0.493 e. The molecule has 0 spiro atoms. The molecule has 7 nitrogen and oxygen atoms in total. The van der Waals surface area contributed by atoms with Gasteiger partial charge >= 0.3 is 0 Å². The van der Waals surface area contributed by atoms with Gasteiger partial charge in [-0.1, -0.05) is 6.07 Å². The molecule has 2 aromatic rings. The van der Waals surface area contributed by atoms with Gasteiger partial charge in [-0.2, -0.15) is 0 Å². The second-order valence-electron chi connectivity index (χ2n) is 7.06. The first kappa shape index (κ1) is 21.2. The van der Waals surface area contributed by atoms with Crippen LogP contribution < -0.4 is 24.8 Å². The fourth-order valence-corrected chi connectivity index (χ4v) is 2.94. The lowest BCUT2D eigenvalue weighted by Crippen LogP contribution is -2.25. The Balaban J connectivity index is 1.73. The second kappa shape index (κ2) is 9.35. The van der Waals surface area contributed by atoms with Gasteiger partial charge in [-0.25, -0.2) is 0 Å². The second-order valence-corrected chi connectivity index (χ2v) is 7.06. The summed E-state index contributed by atoms with van der Waals surface area (Å²) in [4.78, 5) is 24.7. The predicted molar refractivity (Wildman–Crippen MR) is 115 cm³/mol. The van der Waals surface area contributed by atoms with Crippen LogP contribution in [0.15, 0.2) is 36.4 Å². The number of anilines is 1. The Hall–Kier alpha value is -3.48. The van der Waals surface area contributed by atoms with Crippen LogP contribution in [0.5, 0.6) is 17.2 Å². The van der Waals surface area contributed by atoms with Crippen molar-refractivity contribution in [2.24, 2.45) is 0 Å². The first-order valence-corrected chi connectivity index (χ1v) is 9.65. The van der Waals surface area contributed by atoms with Crippen LogP contribution in [0, 0.1) is 6.92 Å². The fourth-order valence-electron chi connectivity index (χ4n) is 2.94. The van der Waals surface area contributed by atoms with E-state index in [4.69, 9.17) is 14.2 Å². The number of nitrogens with one attached hydrogen (secondary N) is 2. The van der Waals surface area contributed by atoms with E-state index in [2.05, 4.69) is 10.6 Å². The van der Waals surface area contributed by atoms with Gasteiger partial charge in [-0.3, -0.25) is 9.59 Å². The van der Waals surface area contributed by atoms with Crippen LogP contribution in [0.3, 0.4) is 0 Å². The fraction of sp³-hybridized carbons (Fsp3) is 0.304. The van der Waals surface area contributed by atoms with E-state index in [1.165, 1.54) is 27.4 Å². The van der Waals surface area contributed by atoms with Gasteiger partial charge in [-0.05, 0) is 61.2 Å². The highest BCUT2D eigenvalue weighted by molar-refractivity contribution is 6.03. The zero-order valence-electron chi connectivity index (χ0n) is 17.6. The lowest BCUT2D eigenvalue weighted by Gasteiger charge is -2.13. The summed E-state index contributed by atoms with van der Waals surface area (Å²) in [6.07, 6.45) is 5.11. The quantitative estimate of drug-likeness (QED) is 0.650. The van der Waals surface area contributed by atoms with Crippen LogP contribution in [0.1, 0.15) is 34.3 Å². The number of hydrogen-bond donors (Lipinski definition) is 2. The summed E-state index contributed by atoms with van der Waals surface area (Å²) in [5, 5.41) is 5.78. The maximum absolute atomic E-state index is 12.5. The molecule has 30 heavy (non-hydrogen) atoms. The van der Waals surface area contributed by atoms with E-state index in [0.29, 0.717) is 34.1 Å². The molecule has 0 radical (unpaired) electrons. The van der Waals surface area contributed by atoms with Crippen molar-refractivity contribution in [1.29, 1.82) is 0 Å². The molecule has 0 bridgehead atoms. The Kier molecular flexibility index (Phi) is 6.61. The number of ether oxygens (including phenoxy) is 3. The molecule has 7 heteroatoms. The van der Waals surface area contributed by atoms with E-state index in [-0.39, 0.29) is 17.9 Å². The molecule has 0 aliphatic heterocycles. The van der Waals surface area contributed by atoms with Crippen LogP contribution in [0.4, 0.5) is 5.69 Å². The zero-order chi connectivity index (χ0) is 21.7. The third kappa shape index (κ3) is 5.11. The molecule has 158 valence electrons. The summed E-state index contributed by atoms with van der Waals surface area (Å²) in [6.45, 7) is 1.88. The van der Waals surface area contributed by atoms with Crippen LogP contribution in [0.2, 0.25) is 0 Å². The summed E-state index contributed by atoms with van der Waals surface area (Å²) in [7, 11) is 4.60. The van der Waals surface area contributed by atoms with Gasteiger partial charge in [0.1, 0.15) is 0 Å². The summed E-state index contributed by atoms with van der Waals surface area (Å²) < 4.78 is 16.0. The van der Waals surface area contributed by atoms with Gasteiger partial charge in [0.15, 0.2) is 11.5 Å². The lowest BCUT2D eigenvalue weighted by molar-refractivity contribution is -0.111. The van der Waals surface area contributed by atoms with Crippen LogP contribution in [-0.2, 0) is 4.79 Å². The van der Waals surface area contributed by atoms with Gasteiger partial charge in [0, 0.05) is 23.4 Å². The molecule has 0 saturated heterocycles. The van der Waals surface area contributed by atoms with E-state index in [0.717, 1.165) is 18.4 Å². The van der Waals surface area contributed by atoms with Crippen LogP contribution in [-0.4, -0.2) is 39.2 Å². The summed E-state index contributed by atoms with van der Waals surface area (Å²) in [5.74, 6) is 1.05. The maximum atomic E-state index is 12.5. The molecule has 2 N–H and O–H groups in total. The van der Waals surface area contributed by atoms with Crippen molar-refractivity contribution >= 4 is 23.6 Å². The number of methoxy groups -OCH3 is 3. The first-order chi connectivity index (χ1) is 14.4. The third-order valence-electron chi connectivity index (χ3n) is 4.78. The normalized spacial score (nSPS) is 13.1. The average Bonchev–Trinajstić information content (AvgIpc) is 3.56. The molecule has 0 heterocycles. The van der Waals surface area contributed by atoms with E-state index in [9.17, 15) is 9.59 Å². The average molecular weight is 410 g/mol. The topological polar surface area (TPSA) is 85.9 Å². The van der Waals surface area contributed by atoms with Crippen LogP contribution in [0.25, 0.3) is 6.08 Å². The lowest BCUT2D eigenvalue weighted by atomic mass is 10.1. The number of amides is 2. The van der Waals surface area contributed by atoms with Gasteiger partial charge < -0.3 is 24.8 Å². The number of carbonyl (C=O) groups is 2. The third-order valence-corrected chi connectivity index (χ3v) is 4.78. The predicted octanol–water partition coefficient (Wildman–Crippen LogP) is 3.56. The van der Waals surface area contributed by atoms with E-state index < -0.39 is 0 Å². The van der Waals surface area contributed by atoms with Crippen molar-refractivity contribution in [3.05, 3.63) is 53.1 Å². The van der Waals surface area contributed by atoms with Crippen LogP contribution >= 0.6 is 0 Å². The number of aryl methyl sites for hydroxylation is 1. The van der Waals surface area contributed by atoms with E-state index in [1.54, 1.807) is 30.3 Å². The highest BCUT2D eigenvalue weighted by Gasteiger charge is 2.24. The molecular formula is C23H26N2O5. The Labute approximate surface area is 176 Å². The minimum absolute atomic E-state index is 0.124. The number of benzene rings is 2. The standard InChI is InChI=1S/C23H26N2O5/c1-14-5-7-16(23(27)24-17-8-9-17)13-18(14)25-21(26)10-6-15-11-19(28-2)22(30-4)20(12-15)29-3/h5-7,10-13,17H,8-9H2,1-4H3,(H,24,27)(H,25,26). The van der Waals surface area contributed by atoms with Crippen molar-refractivity contribution in [2.75, 3.05) is 26.6 Å². The molecular weight excluding hydrogens is 384 g/mol. The van der Waals surface area contributed by atoms with Gasteiger partial charge in [-0.15, -0.1) is 0 Å². The molecule has 0 aromatic heterocycles. The van der Waals surface area contributed by atoms with E-state index >= 15 is 0 Å². The van der Waals surface area contributed by atoms with Crippen molar-refractivity contribution in [3.63, 3.8) is 0 Å². The van der Waals surface area contributed by atoms with Crippen molar-refractivity contribution in [2.45, 2.75) is 25.8 Å². The molecule has 3 rings (SSSR count). The Bertz CT molecular complexity index is 955. The number of hydrogen-bond acceptors (Lipinski definition) is 5. The Morgan fingerprint density at radius 2 is 1.67 bits per heavy atom. The smallest absolute Gasteiger partial charge is 0.251 e. The van der Waals surface area contributed by atoms with Crippen molar-refractivity contribution in [3.8, 4) is 17.2 Å². The zero-order valence-corrected chi connectivity index (χ0v) is 17.6. The molecule has 2 amide bonds. The Morgan fingerprint density at radius 3 is 2.23 bits per heavy atom. The number of carbonyl (C=O) groups excluding carboxylic acids is 2. The maximum Gasteiger partial charge on any atom is 0.251 e. The number of rotatable bonds is 8. The molecule has 1 fully saturated rings.